The van der Waals surface area contributed by atoms with Gasteiger partial charge in [-0.15, -0.1) is 0 Å². The highest BCUT2D eigenvalue weighted by Gasteiger charge is 2.12. The highest BCUT2D eigenvalue weighted by Crippen LogP contribution is 2.27. The van der Waals surface area contributed by atoms with Crippen LogP contribution < -0.4 is 10.3 Å². The average molecular weight is 327 g/mol. The molecule has 1 aliphatic heterocycles. The molecule has 3 aromatic rings. The van der Waals surface area contributed by atoms with E-state index in [0.717, 1.165) is 16.9 Å². The number of nitrogens with one attached hydrogen (secondary N) is 1. The smallest absolute Gasteiger partial charge is 0.259 e. The first-order chi connectivity index (χ1) is 12.2. The van der Waals surface area contributed by atoms with Crippen molar-refractivity contribution in [2.24, 2.45) is 0 Å². The van der Waals surface area contributed by atoms with Crippen molar-refractivity contribution in [2.45, 2.75) is 0 Å². The maximum absolute atomic E-state index is 12.2. The van der Waals surface area contributed by atoms with Gasteiger partial charge in [-0.1, -0.05) is 30.3 Å². The van der Waals surface area contributed by atoms with Gasteiger partial charge in [0.25, 0.3) is 5.56 Å². The quantitative estimate of drug-likeness (QED) is 0.732. The maximum atomic E-state index is 12.2. The number of ether oxygens (including phenoxy) is 1. The van der Waals surface area contributed by atoms with Crippen molar-refractivity contribution < 1.29 is 4.74 Å². The van der Waals surface area contributed by atoms with Crippen LogP contribution in [0.3, 0.4) is 0 Å². The molecule has 0 radical (unpaired) electrons. The number of hydrogen-bond acceptors (Lipinski definition) is 4. The molecule has 1 N–H and O–H groups in total. The van der Waals surface area contributed by atoms with E-state index in [0.29, 0.717) is 17.5 Å². The Morgan fingerprint density at radius 1 is 1.20 bits per heavy atom. The molecule has 2 aromatic carbocycles. The van der Waals surface area contributed by atoms with Crippen LogP contribution in [-0.2, 0) is 0 Å². The summed E-state index contributed by atoms with van der Waals surface area (Å²) in [6.07, 6.45) is 3.66. The minimum atomic E-state index is -0.263. The molecule has 120 valence electrons. The van der Waals surface area contributed by atoms with Crippen molar-refractivity contribution in [1.82, 2.24) is 9.97 Å². The summed E-state index contributed by atoms with van der Waals surface area (Å²) in [6, 6.07) is 16.9. The molecule has 5 nitrogen and oxygen atoms in total. The minimum absolute atomic E-state index is 0.256. The third-order valence-electron chi connectivity index (χ3n) is 3.97. The zero-order valence-corrected chi connectivity index (χ0v) is 13.2. The van der Waals surface area contributed by atoms with Crippen molar-refractivity contribution >= 4 is 22.6 Å². The number of rotatable bonds is 2. The third kappa shape index (κ3) is 2.81. The monoisotopic (exact) mass is 327 g/mol. The molecular formula is C20H13N3O2. The zero-order chi connectivity index (χ0) is 17.2. The summed E-state index contributed by atoms with van der Waals surface area (Å²) in [6.45, 7) is 0.361. The predicted octanol–water partition coefficient (Wildman–Crippen LogP) is 3.31. The number of para-hydroxylation sites is 2. The van der Waals surface area contributed by atoms with Crippen LogP contribution >= 0.6 is 0 Å². The molecule has 4 rings (SSSR count). The molecule has 0 saturated heterocycles. The van der Waals surface area contributed by atoms with Gasteiger partial charge in [-0.3, -0.25) is 4.79 Å². The summed E-state index contributed by atoms with van der Waals surface area (Å²) in [5.41, 5.74) is 2.38. The molecule has 1 aromatic heterocycles. The lowest BCUT2D eigenvalue weighted by atomic mass is 10.1. The van der Waals surface area contributed by atoms with Gasteiger partial charge in [0.1, 0.15) is 18.4 Å². The number of hydrogen-bond donors (Lipinski definition) is 1. The van der Waals surface area contributed by atoms with Crippen LogP contribution in [-0.4, -0.2) is 16.6 Å². The lowest BCUT2D eigenvalue weighted by Gasteiger charge is -2.16. The van der Waals surface area contributed by atoms with E-state index in [1.165, 1.54) is 0 Å². The van der Waals surface area contributed by atoms with Crippen LogP contribution in [0.4, 0.5) is 0 Å². The van der Waals surface area contributed by atoms with Crippen LogP contribution in [0.15, 0.2) is 65.0 Å². The Bertz CT molecular complexity index is 1130. The van der Waals surface area contributed by atoms with Crippen LogP contribution in [0.25, 0.3) is 22.6 Å². The summed E-state index contributed by atoms with van der Waals surface area (Å²) in [7, 11) is 0. The van der Waals surface area contributed by atoms with Crippen molar-refractivity contribution in [3.05, 3.63) is 81.9 Å². The fourth-order valence-electron chi connectivity index (χ4n) is 2.77. The zero-order valence-electron chi connectivity index (χ0n) is 13.2. The Kier molecular flexibility index (Phi) is 3.64. The number of H-pyrrole nitrogens is 1. The van der Waals surface area contributed by atoms with Gasteiger partial charge in [-0.25, -0.2) is 4.98 Å². The molecule has 0 atom stereocenters. The normalized spacial score (nSPS) is 13.6. The molecule has 0 saturated carbocycles. The van der Waals surface area contributed by atoms with Crippen molar-refractivity contribution in [3.8, 4) is 11.8 Å². The molecular weight excluding hydrogens is 314 g/mol. The lowest BCUT2D eigenvalue weighted by molar-refractivity contribution is 0.351. The van der Waals surface area contributed by atoms with Crippen LogP contribution in [0.1, 0.15) is 11.4 Å². The first-order valence-electron chi connectivity index (χ1n) is 7.78. The molecule has 0 fully saturated rings. The van der Waals surface area contributed by atoms with Gasteiger partial charge < -0.3 is 9.72 Å². The summed E-state index contributed by atoms with van der Waals surface area (Å²) < 4.78 is 5.70. The largest absolute Gasteiger partial charge is 0.488 e. The Balaban J connectivity index is 1.79. The van der Waals surface area contributed by atoms with Crippen LogP contribution in [0.5, 0.6) is 5.75 Å². The number of aromatic nitrogens is 2. The van der Waals surface area contributed by atoms with Gasteiger partial charge in [0.2, 0.25) is 0 Å². The first-order valence-corrected chi connectivity index (χ1v) is 7.78. The Morgan fingerprint density at radius 3 is 2.88 bits per heavy atom. The molecule has 1 aliphatic rings. The summed E-state index contributed by atoms with van der Waals surface area (Å²) in [5, 5.41) is 10.0. The van der Waals surface area contributed by atoms with Crippen molar-refractivity contribution in [3.63, 3.8) is 0 Å². The van der Waals surface area contributed by atoms with Crippen molar-refractivity contribution in [1.29, 1.82) is 5.26 Å². The van der Waals surface area contributed by atoms with Crippen molar-refractivity contribution in [2.75, 3.05) is 6.61 Å². The predicted molar refractivity (Wildman–Crippen MR) is 95.9 cm³/mol. The molecule has 5 heteroatoms. The molecule has 0 unspecified atom stereocenters. The van der Waals surface area contributed by atoms with E-state index in [-0.39, 0.29) is 17.0 Å². The van der Waals surface area contributed by atoms with Gasteiger partial charge in [-0.05, 0) is 35.9 Å². The van der Waals surface area contributed by atoms with E-state index in [9.17, 15) is 10.1 Å². The Hall–Kier alpha value is -3.65. The third-order valence-corrected chi connectivity index (χ3v) is 3.97. The number of benzene rings is 2. The van der Waals surface area contributed by atoms with Gasteiger partial charge in [0, 0.05) is 5.56 Å². The molecule has 25 heavy (non-hydrogen) atoms. The summed E-state index contributed by atoms with van der Waals surface area (Å²) in [5.74, 6) is 1.07. The fraction of sp³-hybridized carbons (Fsp3) is 0.0500. The van der Waals surface area contributed by atoms with Gasteiger partial charge in [0.15, 0.2) is 5.82 Å². The lowest BCUT2D eigenvalue weighted by Crippen LogP contribution is -2.12. The second kappa shape index (κ2) is 6.10. The van der Waals surface area contributed by atoms with Gasteiger partial charge in [0.05, 0.1) is 16.5 Å². The molecule has 0 spiro atoms. The first kappa shape index (κ1) is 14.9. The van der Waals surface area contributed by atoms with Gasteiger partial charge in [-0.2, -0.15) is 5.26 Å². The van der Waals surface area contributed by atoms with E-state index in [2.05, 4.69) is 16.0 Å². The van der Waals surface area contributed by atoms with E-state index in [1.54, 1.807) is 24.3 Å². The summed E-state index contributed by atoms with van der Waals surface area (Å²) in [4.78, 5) is 19.3. The van der Waals surface area contributed by atoms with E-state index < -0.39 is 0 Å². The number of nitrogens with zero attached hydrogens (tertiary/aromatic N) is 2. The second-order valence-electron chi connectivity index (χ2n) is 5.65. The molecule has 0 aliphatic carbocycles. The topological polar surface area (TPSA) is 78.8 Å². The summed E-state index contributed by atoms with van der Waals surface area (Å²) >= 11 is 0. The van der Waals surface area contributed by atoms with E-state index in [1.807, 2.05) is 36.4 Å². The molecule has 2 heterocycles. The van der Waals surface area contributed by atoms with E-state index in [4.69, 9.17) is 4.74 Å². The minimum Gasteiger partial charge on any atom is -0.488 e. The SMILES string of the molecule is N#C/C(=C\C1=Cc2ccccc2OC1)c1nc2ccccc2c(=O)[nH]1. The maximum Gasteiger partial charge on any atom is 0.259 e. The molecule has 0 amide bonds. The van der Waals surface area contributed by atoms with E-state index >= 15 is 0 Å². The Labute approximate surface area is 143 Å². The van der Waals surface area contributed by atoms with Gasteiger partial charge >= 0.3 is 0 Å². The standard InChI is InChI=1S/C20H13N3O2/c21-11-15(10-13-9-14-5-1-4-8-18(14)25-12-13)19-22-17-7-3-2-6-16(17)20(24)23-19/h1-10H,12H2,(H,22,23,24)/b15-10+. The number of nitriles is 1. The second-order valence-corrected chi connectivity index (χ2v) is 5.65. The van der Waals surface area contributed by atoms with Crippen LogP contribution in [0.2, 0.25) is 0 Å². The molecule has 0 bridgehead atoms. The number of fused-ring (bicyclic) bond motifs is 2. The highest BCUT2D eigenvalue weighted by molar-refractivity contribution is 5.82. The Morgan fingerprint density at radius 2 is 2.00 bits per heavy atom. The number of aromatic amines is 1. The highest BCUT2D eigenvalue weighted by atomic mass is 16.5. The average Bonchev–Trinajstić information content (AvgIpc) is 2.66. The van der Waals surface area contributed by atoms with Crippen LogP contribution in [0, 0.1) is 11.3 Å². The fourth-order valence-corrected chi connectivity index (χ4v) is 2.77. The number of allylic oxidation sites excluding steroid dienone is 1.